The van der Waals surface area contributed by atoms with E-state index in [4.69, 9.17) is 26.8 Å². The van der Waals surface area contributed by atoms with Crippen LogP contribution in [0.4, 0.5) is 5.00 Å². The van der Waals surface area contributed by atoms with E-state index >= 15 is 0 Å². The highest BCUT2D eigenvalue weighted by molar-refractivity contribution is 7.18. The highest BCUT2D eigenvalue weighted by Crippen LogP contribution is 2.49. The van der Waals surface area contributed by atoms with Gasteiger partial charge in [-0.05, 0) is 37.5 Å². The highest BCUT2D eigenvalue weighted by Gasteiger charge is 2.52. The van der Waals surface area contributed by atoms with E-state index < -0.39 is 17.4 Å². The van der Waals surface area contributed by atoms with Crippen LogP contribution in [0.1, 0.15) is 46.1 Å². The Kier molecular flexibility index (Phi) is 5.40. The number of rotatable bonds is 6. The Labute approximate surface area is 165 Å². The molecular formula is C19H17ClN2O4S. The molecule has 0 saturated heterocycles. The molecule has 0 unspecified atom stereocenters. The fourth-order valence-electron chi connectivity index (χ4n) is 2.89. The van der Waals surface area contributed by atoms with E-state index in [0.717, 1.165) is 16.9 Å². The number of halogens is 1. The van der Waals surface area contributed by atoms with Crippen molar-refractivity contribution in [2.75, 3.05) is 12.3 Å². The molecule has 1 aromatic heterocycles. The van der Waals surface area contributed by atoms with Crippen molar-refractivity contribution in [1.29, 1.82) is 5.26 Å². The molecule has 140 valence electrons. The normalized spacial score (nSPS) is 14.3. The van der Waals surface area contributed by atoms with Crippen molar-refractivity contribution < 1.29 is 19.1 Å². The molecule has 1 aliphatic carbocycles. The lowest BCUT2D eigenvalue weighted by atomic mass is 9.96. The topological polar surface area (TPSA) is 102 Å². The second-order valence-electron chi connectivity index (χ2n) is 6.15. The largest absolute Gasteiger partial charge is 0.462 e. The van der Waals surface area contributed by atoms with Gasteiger partial charge in [-0.25, -0.2) is 4.79 Å². The number of carbonyl (C=O) groups excluding carboxylic acids is 2. The third-order valence-corrected chi connectivity index (χ3v) is 5.79. The summed E-state index contributed by atoms with van der Waals surface area (Å²) < 4.78 is 10.5. The van der Waals surface area contributed by atoms with Gasteiger partial charge in [0.05, 0.1) is 17.6 Å². The summed E-state index contributed by atoms with van der Waals surface area (Å²) in [4.78, 5) is 25.0. The number of carbonyl (C=O) groups is 2. The predicted octanol–water partition coefficient (Wildman–Crippen LogP) is 3.81. The van der Waals surface area contributed by atoms with Crippen molar-refractivity contribution in [2.24, 2.45) is 0 Å². The summed E-state index contributed by atoms with van der Waals surface area (Å²) in [7, 11) is 0. The number of nitrogens with two attached hydrogens (primary N) is 1. The average molecular weight is 405 g/mol. The number of nitrogens with zero attached hydrogens (tertiary/aromatic N) is 1. The Hall–Kier alpha value is -2.56. The van der Waals surface area contributed by atoms with Gasteiger partial charge in [0, 0.05) is 10.6 Å². The summed E-state index contributed by atoms with van der Waals surface area (Å²) >= 11 is 6.87. The number of hydrogen-bond acceptors (Lipinski definition) is 7. The Morgan fingerprint density at radius 3 is 2.52 bits per heavy atom. The van der Waals surface area contributed by atoms with Crippen molar-refractivity contribution in [3.8, 4) is 6.07 Å². The summed E-state index contributed by atoms with van der Waals surface area (Å²) in [5.41, 5.74) is 6.42. The number of esters is 2. The van der Waals surface area contributed by atoms with Gasteiger partial charge in [-0.1, -0.05) is 23.7 Å². The zero-order chi connectivity index (χ0) is 19.6. The van der Waals surface area contributed by atoms with E-state index in [1.807, 2.05) is 18.2 Å². The second kappa shape index (κ2) is 7.59. The van der Waals surface area contributed by atoms with E-state index in [1.54, 1.807) is 19.1 Å². The predicted molar refractivity (Wildman–Crippen MR) is 102 cm³/mol. The molecule has 1 aliphatic rings. The van der Waals surface area contributed by atoms with Gasteiger partial charge in [-0.15, -0.1) is 11.3 Å². The fraction of sp³-hybridized carbons (Fsp3) is 0.316. The lowest BCUT2D eigenvalue weighted by Gasteiger charge is -2.15. The van der Waals surface area contributed by atoms with Gasteiger partial charge in [0.1, 0.15) is 22.6 Å². The lowest BCUT2D eigenvalue weighted by Crippen LogP contribution is -2.23. The quantitative estimate of drug-likeness (QED) is 0.734. The third-order valence-electron chi connectivity index (χ3n) is 4.49. The molecule has 0 bridgehead atoms. The SMILES string of the molecule is CCOC(=O)c1sc(N)c(C#N)c1COC(=O)C1(c2ccc(Cl)cc2)CC1. The Bertz CT molecular complexity index is 926. The van der Waals surface area contributed by atoms with Crippen LogP contribution < -0.4 is 5.73 Å². The Morgan fingerprint density at radius 2 is 1.96 bits per heavy atom. The van der Waals surface area contributed by atoms with Gasteiger partial charge in [0.15, 0.2) is 0 Å². The standard InChI is InChI=1S/C19H17ClN2O4S/c1-2-25-17(23)15-14(13(9-21)16(22)27-15)10-26-18(24)19(7-8-19)11-3-5-12(20)6-4-11/h3-6H,2,7-8,10,22H2,1H3. The zero-order valence-electron chi connectivity index (χ0n) is 14.6. The van der Waals surface area contributed by atoms with Crippen LogP contribution in [-0.4, -0.2) is 18.5 Å². The second-order valence-corrected chi connectivity index (χ2v) is 7.64. The summed E-state index contributed by atoms with van der Waals surface area (Å²) in [6.45, 7) is 1.67. The molecule has 0 atom stereocenters. The molecule has 6 nitrogen and oxygen atoms in total. The number of anilines is 1. The number of nitrogen functional groups attached to an aromatic ring is 1. The number of nitriles is 1. The molecule has 3 rings (SSSR count). The molecule has 8 heteroatoms. The molecule has 1 saturated carbocycles. The number of benzene rings is 1. The van der Waals surface area contributed by atoms with Gasteiger partial charge in [0.25, 0.3) is 0 Å². The minimum atomic E-state index is -0.691. The maximum atomic E-state index is 12.7. The molecule has 0 radical (unpaired) electrons. The van der Waals surface area contributed by atoms with Crippen LogP contribution in [0.5, 0.6) is 0 Å². The van der Waals surface area contributed by atoms with Gasteiger partial charge in [-0.3, -0.25) is 4.79 Å². The van der Waals surface area contributed by atoms with Crippen LogP contribution in [0, 0.1) is 11.3 Å². The van der Waals surface area contributed by atoms with E-state index in [2.05, 4.69) is 0 Å². The highest BCUT2D eigenvalue weighted by atomic mass is 35.5. The van der Waals surface area contributed by atoms with Crippen LogP contribution in [0.2, 0.25) is 5.02 Å². The third kappa shape index (κ3) is 3.64. The van der Waals surface area contributed by atoms with Crippen LogP contribution in [-0.2, 0) is 26.3 Å². The van der Waals surface area contributed by atoms with Gasteiger partial charge < -0.3 is 15.2 Å². The summed E-state index contributed by atoms with van der Waals surface area (Å²) in [5, 5.41) is 10.1. The molecule has 27 heavy (non-hydrogen) atoms. The average Bonchev–Trinajstić information content (AvgIpc) is 3.39. The van der Waals surface area contributed by atoms with Crippen LogP contribution in [0.25, 0.3) is 0 Å². The monoisotopic (exact) mass is 404 g/mol. The van der Waals surface area contributed by atoms with E-state index in [9.17, 15) is 14.9 Å². The number of hydrogen-bond donors (Lipinski definition) is 1. The first-order valence-electron chi connectivity index (χ1n) is 8.34. The van der Waals surface area contributed by atoms with Crippen molar-refractivity contribution in [3.63, 3.8) is 0 Å². The minimum absolute atomic E-state index is 0.146. The maximum Gasteiger partial charge on any atom is 0.348 e. The summed E-state index contributed by atoms with van der Waals surface area (Å²) in [6.07, 6.45) is 1.35. The van der Waals surface area contributed by atoms with Crippen LogP contribution in [0.15, 0.2) is 24.3 Å². The molecule has 2 aromatic rings. The fourth-order valence-corrected chi connectivity index (χ4v) is 3.93. The van der Waals surface area contributed by atoms with Crippen molar-refractivity contribution in [2.45, 2.75) is 31.8 Å². The smallest absolute Gasteiger partial charge is 0.348 e. The Morgan fingerprint density at radius 1 is 1.30 bits per heavy atom. The molecular weight excluding hydrogens is 388 g/mol. The van der Waals surface area contributed by atoms with Crippen LogP contribution in [0.3, 0.4) is 0 Å². The van der Waals surface area contributed by atoms with Gasteiger partial charge in [-0.2, -0.15) is 5.26 Å². The molecule has 1 heterocycles. The first-order valence-corrected chi connectivity index (χ1v) is 9.54. The lowest BCUT2D eigenvalue weighted by molar-refractivity contribution is -0.148. The molecule has 0 aliphatic heterocycles. The first kappa shape index (κ1) is 19.2. The molecule has 2 N–H and O–H groups in total. The van der Waals surface area contributed by atoms with E-state index in [0.29, 0.717) is 23.4 Å². The van der Waals surface area contributed by atoms with Gasteiger partial charge >= 0.3 is 11.9 Å². The van der Waals surface area contributed by atoms with E-state index in [1.165, 1.54) is 0 Å². The maximum absolute atomic E-state index is 12.7. The molecule has 0 amide bonds. The molecule has 0 spiro atoms. The van der Waals surface area contributed by atoms with Crippen molar-refractivity contribution in [1.82, 2.24) is 0 Å². The number of ether oxygens (including phenoxy) is 2. The Balaban J connectivity index is 1.80. The minimum Gasteiger partial charge on any atom is -0.462 e. The van der Waals surface area contributed by atoms with Gasteiger partial charge in [0.2, 0.25) is 0 Å². The van der Waals surface area contributed by atoms with Crippen LogP contribution >= 0.6 is 22.9 Å². The summed E-state index contributed by atoms with van der Waals surface area (Å²) in [5.74, 6) is -0.978. The van der Waals surface area contributed by atoms with Crippen molar-refractivity contribution >= 4 is 39.9 Å². The summed E-state index contributed by atoms with van der Waals surface area (Å²) in [6, 6.07) is 9.05. The van der Waals surface area contributed by atoms with Crippen molar-refractivity contribution in [3.05, 3.63) is 50.9 Å². The van der Waals surface area contributed by atoms with E-state index in [-0.39, 0.29) is 28.7 Å². The molecule has 1 fully saturated rings. The number of thiophene rings is 1. The first-order chi connectivity index (χ1) is 12.9. The molecule has 1 aromatic carbocycles. The zero-order valence-corrected chi connectivity index (χ0v) is 16.2.